The zero-order valence-corrected chi connectivity index (χ0v) is 21.0. The van der Waals surface area contributed by atoms with E-state index in [-0.39, 0.29) is 0 Å². The number of thiazole rings is 2. The van der Waals surface area contributed by atoms with E-state index < -0.39 is 0 Å². The molecule has 0 bridgehead atoms. The molecular formula is C25H22N6S3. The fraction of sp³-hybridized carbons (Fsp3) is 0.0800. The average molecular weight is 503 g/mol. The number of aromatic nitrogens is 2. The Hall–Kier alpha value is -3.53. The summed E-state index contributed by atoms with van der Waals surface area (Å²) in [5.74, 6) is 0.653. The van der Waals surface area contributed by atoms with Crippen LogP contribution in [0.3, 0.4) is 0 Å². The summed E-state index contributed by atoms with van der Waals surface area (Å²) in [7, 11) is 0. The molecule has 6 nitrogen and oxygen atoms in total. The third kappa shape index (κ3) is 5.17. The molecule has 0 fully saturated rings. The van der Waals surface area contributed by atoms with Gasteiger partial charge in [-0.2, -0.15) is 0 Å². The predicted octanol–water partition coefficient (Wildman–Crippen LogP) is 7.33. The molecule has 170 valence electrons. The molecular weight excluding hydrogens is 481 g/mol. The van der Waals surface area contributed by atoms with E-state index in [1.54, 1.807) is 22.7 Å². The number of hydrogen-bond donors (Lipinski definition) is 4. The van der Waals surface area contributed by atoms with Crippen molar-refractivity contribution in [1.29, 1.82) is 0 Å². The van der Waals surface area contributed by atoms with Crippen molar-refractivity contribution in [3.8, 4) is 0 Å². The molecule has 0 aliphatic rings. The van der Waals surface area contributed by atoms with Gasteiger partial charge in [0.2, 0.25) is 0 Å². The maximum Gasteiger partial charge on any atom is 0.190 e. The Bertz CT molecular complexity index is 1400. The topological polar surface area (TPSA) is 73.9 Å². The minimum absolute atomic E-state index is 0.494. The fourth-order valence-electron chi connectivity index (χ4n) is 3.40. The van der Waals surface area contributed by atoms with Crippen molar-refractivity contribution in [2.24, 2.45) is 0 Å². The summed E-state index contributed by atoms with van der Waals surface area (Å²) in [5.41, 5.74) is 6.15. The molecule has 5 rings (SSSR count). The molecule has 34 heavy (non-hydrogen) atoms. The van der Waals surface area contributed by atoms with Crippen molar-refractivity contribution in [2.75, 3.05) is 21.3 Å². The molecule has 0 saturated carbocycles. The molecule has 0 saturated heterocycles. The molecule has 0 aliphatic heterocycles. The van der Waals surface area contributed by atoms with Gasteiger partial charge in [0.05, 0.1) is 20.4 Å². The zero-order valence-electron chi connectivity index (χ0n) is 18.6. The van der Waals surface area contributed by atoms with E-state index in [0.29, 0.717) is 10.9 Å². The van der Waals surface area contributed by atoms with Crippen molar-refractivity contribution in [1.82, 2.24) is 9.97 Å². The van der Waals surface area contributed by atoms with Gasteiger partial charge in [0, 0.05) is 11.4 Å². The lowest BCUT2D eigenvalue weighted by molar-refractivity contribution is 1.34. The highest BCUT2D eigenvalue weighted by atomic mass is 32.1. The van der Waals surface area contributed by atoms with Crippen molar-refractivity contribution in [2.45, 2.75) is 13.8 Å². The highest BCUT2D eigenvalue weighted by Gasteiger charge is 2.07. The van der Waals surface area contributed by atoms with Crippen molar-refractivity contribution in [3.63, 3.8) is 0 Å². The lowest BCUT2D eigenvalue weighted by Crippen LogP contribution is -2.18. The van der Waals surface area contributed by atoms with E-state index in [2.05, 4.69) is 75.9 Å². The minimum atomic E-state index is 0.494. The summed E-state index contributed by atoms with van der Waals surface area (Å²) in [6, 6.07) is 20.3. The Kier molecular flexibility index (Phi) is 6.14. The van der Waals surface area contributed by atoms with Gasteiger partial charge in [-0.25, -0.2) is 9.97 Å². The van der Waals surface area contributed by atoms with Crippen LogP contribution in [0.4, 0.5) is 21.6 Å². The molecule has 0 amide bonds. The first-order chi connectivity index (χ1) is 16.4. The van der Waals surface area contributed by atoms with Gasteiger partial charge in [0.25, 0.3) is 0 Å². The smallest absolute Gasteiger partial charge is 0.190 e. The lowest BCUT2D eigenvalue weighted by Gasteiger charge is -2.12. The maximum absolute atomic E-state index is 5.46. The van der Waals surface area contributed by atoms with Gasteiger partial charge in [-0.3, -0.25) is 0 Å². The molecule has 0 unspecified atom stereocenters. The second-order valence-electron chi connectivity index (χ2n) is 7.87. The molecule has 0 aliphatic carbocycles. The summed E-state index contributed by atoms with van der Waals surface area (Å²) in [6.45, 7) is 8.22. The quantitative estimate of drug-likeness (QED) is 0.181. The SMILES string of the molecule is C=C(Nc1ccc(NC(=S)Nc2nc3ccc(C)cc3s2)cc1)Nc1nc2ccc(C)cc2s1. The molecule has 5 aromatic rings. The normalized spacial score (nSPS) is 10.9. The molecule has 4 N–H and O–H groups in total. The van der Waals surface area contributed by atoms with Gasteiger partial charge in [-0.05, 0) is 85.7 Å². The standard InChI is InChI=1S/C25H22N6S3/c1-14-4-10-19-21(12-14)33-24(29-19)27-16(3)26-17-6-8-18(9-7-17)28-23(32)31-25-30-20-11-5-15(2)13-22(20)34-25/h4-13,26H,3H2,1-2H3,(H,27,29)(H2,28,30,31,32). The number of nitrogens with one attached hydrogen (secondary N) is 4. The van der Waals surface area contributed by atoms with Gasteiger partial charge >= 0.3 is 0 Å². The summed E-state index contributed by atoms with van der Waals surface area (Å²) in [4.78, 5) is 9.19. The van der Waals surface area contributed by atoms with Crippen LogP contribution >= 0.6 is 34.9 Å². The van der Waals surface area contributed by atoms with Crippen molar-refractivity contribution in [3.05, 3.63) is 84.2 Å². The molecule has 0 atom stereocenters. The number of thiocarbonyl (C=S) groups is 1. The van der Waals surface area contributed by atoms with E-state index in [1.165, 1.54) is 11.1 Å². The first-order valence-electron chi connectivity index (χ1n) is 10.6. The Labute approximate surface area is 210 Å². The number of fused-ring (bicyclic) bond motifs is 2. The van der Waals surface area contributed by atoms with Crippen LogP contribution < -0.4 is 21.3 Å². The Morgan fingerprint density at radius 3 is 1.76 bits per heavy atom. The average Bonchev–Trinajstić information content (AvgIpc) is 3.36. The third-order valence-electron chi connectivity index (χ3n) is 5.00. The molecule has 0 spiro atoms. The monoisotopic (exact) mass is 502 g/mol. The van der Waals surface area contributed by atoms with Gasteiger partial charge in [-0.1, -0.05) is 41.4 Å². The summed E-state index contributed by atoms with van der Waals surface area (Å²) in [5, 5.41) is 14.9. The Morgan fingerprint density at radius 1 is 0.706 bits per heavy atom. The van der Waals surface area contributed by atoms with Crippen LogP contribution in [0.25, 0.3) is 20.4 Å². The second kappa shape index (κ2) is 9.38. The van der Waals surface area contributed by atoms with Gasteiger partial charge in [0.1, 0.15) is 5.82 Å². The van der Waals surface area contributed by atoms with Gasteiger partial charge in [0.15, 0.2) is 15.4 Å². The highest BCUT2D eigenvalue weighted by molar-refractivity contribution is 7.80. The molecule has 9 heteroatoms. The third-order valence-corrected chi connectivity index (χ3v) is 7.08. The summed E-state index contributed by atoms with van der Waals surface area (Å²) < 4.78 is 2.28. The van der Waals surface area contributed by atoms with Crippen LogP contribution in [-0.4, -0.2) is 15.1 Å². The predicted molar refractivity (Wildman–Crippen MR) is 151 cm³/mol. The highest BCUT2D eigenvalue weighted by Crippen LogP contribution is 2.28. The van der Waals surface area contributed by atoms with E-state index in [9.17, 15) is 0 Å². The number of aryl methyl sites for hydroxylation is 2. The van der Waals surface area contributed by atoms with E-state index in [0.717, 1.165) is 42.1 Å². The number of anilines is 4. The van der Waals surface area contributed by atoms with Crippen LogP contribution in [0.5, 0.6) is 0 Å². The minimum Gasteiger partial charge on any atom is -0.342 e. The van der Waals surface area contributed by atoms with E-state index in [4.69, 9.17) is 12.2 Å². The summed E-state index contributed by atoms with van der Waals surface area (Å²) in [6.07, 6.45) is 0. The van der Waals surface area contributed by atoms with Gasteiger partial charge in [-0.15, -0.1) is 0 Å². The molecule has 2 aromatic heterocycles. The van der Waals surface area contributed by atoms with Gasteiger partial charge < -0.3 is 21.3 Å². The zero-order chi connectivity index (χ0) is 23.7. The largest absolute Gasteiger partial charge is 0.342 e. The Balaban J connectivity index is 1.16. The molecule has 0 radical (unpaired) electrons. The van der Waals surface area contributed by atoms with Crippen molar-refractivity contribution >= 4 is 82.1 Å². The second-order valence-corrected chi connectivity index (χ2v) is 10.3. The first kappa shape index (κ1) is 22.3. The first-order valence-corrected chi connectivity index (χ1v) is 12.6. The fourth-order valence-corrected chi connectivity index (χ4v) is 5.64. The van der Waals surface area contributed by atoms with E-state index >= 15 is 0 Å². The molecule has 3 aromatic carbocycles. The number of hydrogen-bond acceptors (Lipinski definition) is 7. The van der Waals surface area contributed by atoms with Crippen LogP contribution in [-0.2, 0) is 0 Å². The van der Waals surface area contributed by atoms with Crippen LogP contribution in [0.1, 0.15) is 11.1 Å². The number of rotatable bonds is 6. The number of benzene rings is 3. The molecule has 2 heterocycles. The lowest BCUT2D eigenvalue weighted by atomic mass is 10.2. The summed E-state index contributed by atoms with van der Waals surface area (Å²) >= 11 is 8.64. The van der Waals surface area contributed by atoms with Crippen LogP contribution in [0.15, 0.2) is 73.1 Å². The van der Waals surface area contributed by atoms with E-state index in [1.807, 2.05) is 36.4 Å². The van der Waals surface area contributed by atoms with Crippen molar-refractivity contribution < 1.29 is 0 Å². The van der Waals surface area contributed by atoms with Crippen LogP contribution in [0.2, 0.25) is 0 Å². The Morgan fingerprint density at radius 2 is 1.21 bits per heavy atom. The van der Waals surface area contributed by atoms with Crippen LogP contribution in [0, 0.1) is 13.8 Å². The maximum atomic E-state index is 5.46. The number of nitrogens with zero attached hydrogens (tertiary/aromatic N) is 2.